The van der Waals surface area contributed by atoms with E-state index in [4.69, 9.17) is 9.47 Å². The minimum atomic E-state index is -1.20. The molecule has 0 spiro atoms. The third-order valence-electron chi connectivity index (χ3n) is 4.68. The van der Waals surface area contributed by atoms with E-state index in [-0.39, 0.29) is 17.4 Å². The van der Waals surface area contributed by atoms with Crippen LogP contribution < -0.4 is 0 Å². The number of nitro groups is 1. The molecule has 0 aliphatic carbocycles. The van der Waals surface area contributed by atoms with Gasteiger partial charge in [0, 0.05) is 18.6 Å². The van der Waals surface area contributed by atoms with Gasteiger partial charge in [-0.1, -0.05) is 57.4 Å². The maximum Gasteiger partial charge on any atom is 0.339 e. The molecule has 1 aromatic rings. The lowest BCUT2D eigenvalue weighted by atomic mass is 10.0. The fraction of sp³-hybridized carbons (Fsp3) is 0.519. The Morgan fingerprint density at radius 3 is 2.32 bits per heavy atom. The smallest absolute Gasteiger partial charge is 0.339 e. The van der Waals surface area contributed by atoms with Gasteiger partial charge in [0.25, 0.3) is 5.69 Å². The second-order valence-electron chi connectivity index (χ2n) is 8.11. The van der Waals surface area contributed by atoms with E-state index >= 15 is 0 Å². The van der Waals surface area contributed by atoms with Crippen LogP contribution >= 0.6 is 0 Å². The first-order chi connectivity index (χ1) is 16.2. The molecular formula is C27H39NO6. The molecule has 0 radical (unpaired) electrons. The highest BCUT2D eigenvalue weighted by Gasteiger charge is 2.20. The molecule has 7 nitrogen and oxygen atoms in total. The van der Waals surface area contributed by atoms with Crippen molar-refractivity contribution in [2.45, 2.75) is 90.1 Å². The summed E-state index contributed by atoms with van der Waals surface area (Å²) in [7, 11) is 0. The van der Waals surface area contributed by atoms with Gasteiger partial charge in [-0.05, 0) is 44.9 Å². The quantitative estimate of drug-likeness (QED) is 0.0641. The van der Waals surface area contributed by atoms with Crippen LogP contribution in [0.15, 0.2) is 50.1 Å². The highest BCUT2D eigenvalue weighted by molar-refractivity contribution is 5.90. The normalized spacial score (nSPS) is 12.2. The van der Waals surface area contributed by atoms with Gasteiger partial charge in [0.1, 0.15) is 0 Å². The first-order valence-corrected chi connectivity index (χ1v) is 11.6. The molecule has 2 atom stereocenters. The van der Waals surface area contributed by atoms with Crippen LogP contribution in [0.25, 0.3) is 0 Å². The lowest BCUT2D eigenvalue weighted by Crippen LogP contribution is -2.30. The molecule has 0 saturated carbocycles. The van der Waals surface area contributed by atoms with Crippen molar-refractivity contribution < 1.29 is 24.3 Å². The lowest BCUT2D eigenvalue weighted by Gasteiger charge is -2.26. The van der Waals surface area contributed by atoms with Crippen molar-refractivity contribution in [3.63, 3.8) is 0 Å². The molecule has 0 fully saturated rings. The third kappa shape index (κ3) is 14.2. The number of esters is 1. The van der Waals surface area contributed by atoms with Gasteiger partial charge in [-0.15, -0.1) is 13.2 Å². The lowest BCUT2D eigenvalue weighted by molar-refractivity contribution is -0.384. The summed E-state index contributed by atoms with van der Waals surface area (Å²) in [5.41, 5.74) is 0.0979. The van der Waals surface area contributed by atoms with Crippen LogP contribution in [0.1, 0.15) is 82.5 Å². The number of carbonyl (C=O) groups is 1. The van der Waals surface area contributed by atoms with Crippen molar-refractivity contribution >= 4 is 11.7 Å². The molecule has 1 rings (SSSR count). The molecule has 1 N–H and O–H groups in total. The second-order valence-corrected chi connectivity index (χ2v) is 8.11. The van der Waals surface area contributed by atoms with Crippen molar-refractivity contribution in [2.75, 3.05) is 0 Å². The molecule has 0 saturated heterocycles. The standard InChI is InChI=1S/C25H35NO6.C2H4/c1-5-7-8-9-10-14-23(32-25(3,4)28)15-12-11-13-22(6-2)31-24(27)20-16-18-21(19-17-20)26(29)30;1-2/h6,16-19,22-23,28H,2,5,7-10,12,14-15H2,1,3-4H3;1-2H2. The number of aliphatic hydroxyl groups is 1. The Morgan fingerprint density at radius 1 is 1.18 bits per heavy atom. The Bertz CT molecular complexity index is 801. The van der Waals surface area contributed by atoms with Crippen molar-refractivity contribution in [1.29, 1.82) is 0 Å². The number of nitrogens with zero attached hydrogens (tertiary/aromatic N) is 1. The number of ether oxygens (including phenoxy) is 2. The molecule has 1 aromatic carbocycles. The SMILES string of the molecule is C=C.C=CC(C#CCCC(CCCCCCC)OC(C)(C)O)OC(=O)c1ccc([N+](=O)[O-])cc1. The van der Waals surface area contributed by atoms with E-state index in [2.05, 4.69) is 38.5 Å². The largest absolute Gasteiger partial charge is 0.441 e. The van der Waals surface area contributed by atoms with Crippen LogP contribution in [0.3, 0.4) is 0 Å². The number of nitro benzene ring substituents is 1. The predicted octanol–water partition coefficient (Wildman–Crippen LogP) is 6.37. The van der Waals surface area contributed by atoms with Gasteiger partial charge >= 0.3 is 5.97 Å². The summed E-state index contributed by atoms with van der Waals surface area (Å²) in [6.07, 6.45) is 8.37. The molecule has 0 aliphatic heterocycles. The molecule has 0 aromatic heterocycles. The van der Waals surface area contributed by atoms with Gasteiger partial charge in [0.2, 0.25) is 0 Å². The summed E-state index contributed by atoms with van der Waals surface area (Å²) in [4.78, 5) is 22.4. The molecule has 7 heteroatoms. The topological polar surface area (TPSA) is 98.9 Å². The number of hydrogen-bond acceptors (Lipinski definition) is 6. The Balaban J connectivity index is 0.00000529. The molecule has 2 unspecified atom stereocenters. The number of unbranched alkanes of at least 4 members (excludes halogenated alkanes) is 4. The predicted molar refractivity (Wildman–Crippen MR) is 135 cm³/mol. The van der Waals surface area contributed by atoms with E-state index in [9.17, 15) is 20.0 Å². The number of benzene rings is 1. The summed E-state index contributed by atoms with van der Waals surface area (Å²) < 4.78 is 11.1. The van der Waals surface area contributed by atoms with Gasteiger partial charge in [0.15, 0.2) is 11.9 Å². The minimum absolute atomic E-state index is 0.101. The average molecular weight is 474 g/mol. The van der Waals surface area contributed by atoms with Gasteiger partial charge in [-0.3, -0.25) is 10.1 Å². The summed E-state index contributed by atoms with van der Waals surface area (Å²) in [6, 6.07) is 5.17. The highest BCUT2D eigenvalue weighted by atomic mass is 16.6. The second kappa shape index (κ2) is 17.5. The summed E-state index contributed by atoms with van der Waals surface area (Å²) in [5.74, 6) is 4.03. The van der Waals surface area contributed by atoms with Gasteiger partial charge in [0.05, 0.1) is 16.6 Å². The van der Waals surface area contributed by atoms with E-state index in [1.807, 2.05) is 0 Å². The van der Waals surface area contributed by atoms with Gasteiger partial charge < -0.3 is 14.6 Å². The van der Waals surface area contributed by atoms with Crippen LogP contribution in [-0.2, 0) is 9.47 Å². The monoisotopic (exact) mass is 473 g/mol. The Hall–Kier alpha value is -2.95. The van der Waals surface area contributed by atoms with Crippen molar-refractivity contribution in [1.82, 2.24) is 0 Å². The Kier molecular flexibility index (Phi) is 16.0. The summed E-state index contributed by atoms with van der Waals surface area (Å²) in [5, 5.41) is 20.7. The van der Waals surface area contributed by atoms with Gasteiger partial charge in [-0.25, -0.2) is 4.79 Å². The van der Waals surface area contributed by atoms with Crippen LogP contribution in [0.4, 0.5) is 5.69 Å². The number of carbonyl (C=O) groups excluding carboxylic acids is 1. The molecule has 34 heavy (non-hydrogen) atoms. The van der Waals surface area contributed by atoms with Crippen molar-refractivity contribution in [2.24, 2.45) is 0 Å². The van der Waals surface area contributed by atoms with E-state index in [0.29, 0.717) is 12.8 Å². The molecule has 188 valence electrons. The average Bonchev–Trinajstić information content (AvgIpc) is 2.80. The maximum atomic E-state index is 12.2. The molecule has 0 amide bonds. The molecule has 0 heterocycles. The van der Waals surface area contributed by atoms with Crippen molar-refractivity contribution in [3.8, 4) is 11.8 Å². The first-order valence-electron chi connectivity index (χ1n) is 11.6. The zero-order valence-corrected chi connectivity index (χ0v) is 20.8. The summed E-state index contributed by atoms with van der Waals surface area (Å²) >= 11 is 0. The first kappa shape index (κ1) is 31.0. The fourth-order valence-electron chi connectivity index (χ4n) is 3.09. The summed E-state index contributed by atoms with van der Waals surface area (Å²) in [6.45, 7) is 15.1. The zero-order valence-electron chi connectivity index (χ0n) is 20.8. The number of rotatable bonds is 14. The molecule has 0 aliphatic rings. The van der Waals surface area contributed by atoms with E-state index in [0.717, 1.165) is 19.3 Å². The van der Waals surface area contributed by atoms with Gasteiger partial charge in [-0.2, -0.15) is 0 Å². The maximum absolute atomic E-state index is 12.2. The van der Waals surface area contributed by atoms with E-state index in [1.165, 1.54) is 49.6 Å². The van der Waals surface area contributed by atoms with Crippen LogP contribution in [0.2, 0.25) is 0 Å². The van der Waals surface area contributed by atoms with E-state index in [1.54, 1.807) is 13.8 Å². The third-order valence-corrected chi connectivity index (χ3v) is 4.68. The molecular weight excluding hydrogens is 434 g/mol. The van der Waals surface area contributed by atoms with Crippen LogP contribution in [0.5, 0.6) is 0 Å². The van der Waals surface area contributed by atoms with E-state index < -0.39 is 22.8 Å². The highest BCUT2D eigenvalue weighted by Crippen LogP contribution is 2.19. The Labute approximate surface area is 204 Å². The minimum Gasteiger partial charge on any atom is -0.441 e. The van der Waals surface area contributed by atoms with Crippen molar-refractivity contribution in [3.05, 3.63) is 65.8 Å². The zero-order chi connectivity index (χ0) is 26.0. The Morgan fingerprint density at radius 2 is 1.79 bits per heavy atom. The number of non-ortho nitro benzene ring substituents is 1. The van der Waals surface area contributed by atoms with Crippen LogP contribution in [0, 0.1) is 22.0 Å². The fourth-order valence-corrected chi connectivity index (χ4v) is 3.09. The van der Waals surface area contributed by atoms with Crippen LogP contribution in [-0.4, -0.2) is 34.0 Å². The molecule has 0 bridgehead atoms. The number of hydrogen-bond donors (Lipinski definition) is 1.